The first-order valence-electron chi connectivity index (χ1n) is 6.60. The molecule has 1 rings (SSSR count). The van der Waals surface area contributed by atoms with E-state index < -0.39 is 5.60 Å². The van der Waals surface area contributed by atoms with Gasteiger partial charge in [-0.1, -0.05) is 47.1 Å². The normalized spacial score (nSPS) is 36.4. The standard InChI is InChI=1S/C15H28O/c1-7-14(5,6)15(16)10-12(4)8-9-13(15)11(2)3/h7,11-13,16H,1,8-10H2,2-6H3. The maximum Gasteiger partial charge on any atom is 0.0765 e. The molecular formula is C15H28O. The molecule has 94 valence electrons. The van der Waals surface area contributed by atoms with Crippen LogP contribution in [0.5, 0.6) is 0 Å². The molecule has 0 aromatic carbocycles. The molecular weight excluding hydrogens is 196 g/mol. The molecule has 0 bridgehead atoms. The summed E-state index contributed by atoms with van der Waals surface area (Å²) in [6.07, 6.45) is 5.24. The second-order valence-corrected chi connectivity index (χ2v) is 6.59. The van der Waals surface area contributed by atoms with Crippen molar-refractivity contribution in [1.82, 2.24) is 0 Å². The molecule has 0 aliphatic heterocycles. The lowest BCUT2D eigenvalue weighted by molar-refractivity contribution is -0.139. The predicted molar refractivity (Wildman–Crippen MR) is 70.3 cm³/mol. The summed E-state index contributed by atoms with van der Waals surface area (Å²) in [5.74, 6) is 1.56. The van der Waals surface area contributed by atoms with Crippen molar-refractivity contribution in [2.24, 2.45) is 23.2 Å². The number of hydrogen-bond acceptors (Lipinski definition) is 1. The Kier molecular flexibility index (Phi) is 3.89. The Morgan fingerprint density at radius 2 is 1.94 bits per heavy atom. The van der Waals surface area contributed by atoms with E-state index >= 15 is 0 Å². The van der Waals surface area contributed by atoms with E-state index in [1.165, 1.54) is 6.42 Å². The van der Waals surface area contributed by atoms with Gasteiger partial charge < -0.3 is 5.11 Å². The van der Waals surface area contributed by atoms with E-state index in [2.05, 4.69) is 41.2 Å². The van der Waals surface area contributed by atoms with Crippen molar-refractivity contribution in [1.29, 1.82) is 0 Å². The molecule has 1 N–H and O–H groups in total. The van der Waals surface area contributed by atoms with Crippen LogP contribution in [0.3, 0.4) is 0 Å². The van der Waals surface area contributed by atoms with Crippen LogP contribution < -0.4 is 0 Å². The fraction of sp³-hybridized carbons (Fsp3) is 0.867. The molecule has 3 unspecified atom stereocenters. The Balaban J connectivity index is 3.06. The van der Waals surface area contributed by atoms with Crippen molar-refractivity contribution in [3.05, 3.63) is 12.7 Å². The molecule has 0 aromatic rings. The molecule has 0 spiro atoms. The third-order valence-electron chi connectivity index (χ3n) is 4.67. The Hall–Kier alpha value is -0.300. The topological polar surface area (TPSA) is 20.2 Å². The molecule has 1 saturated carbocycles. The fourth-order valence-corrected chi connectivity index (χ4v) is 3.29. The first-order valence-corrected chi connectivity index (χ1v) is 6.60. The van der Waals surface area contributed by atoms with Crippen LogP contribution in [-0.4, -0.2) is 10.7 Å². The van der Waals surface area contributed by atoms with Crippen molar-refractivity contribution in [3.63, 3.8) is 0 Å². The van der Waals surface area contributed by atoms with Crippen LogP contribution in [0.2, 0.25) is 0 Å². The van der Waals surface area contributed by atoms with Crippen molar-refractivity contribution in [3.8, 4) is 0 Å². The smallest absolute Gasteiger partial charge is 0.0765 e. The minimum absolute atomic E-state index is 0.198. The molecule has 0 radical (unpaired) electrons. The molecule has 3 atom stereocenters. The van der Waals surface area contributed by atoms with E-state index in [1.807, 2.05) is 6.08 Å². The van der Waals surface area contributed by atoms with E-state index in [1.54, 1.807) is 0 Å². The highest BCUT2D eigenvalue weighted by Crippen LogP contribution is 2.50. The third-order valence-corrected chi connectivity index (χ3v) is 4.67. The van der Waals surface area contributed by atoms with E-state index in [4.69, 9.17) is 0 Å². The van der Waals surface area contributed by atoms with Gasteiger partial charge in [0.05, 0.1) is 5.60 Å². The highest BCUT2D eigenvalue weighted by atomic mass is 16.3. The van der Waals surface area contributed by atoms with Gasteiger partial charge in [-0.05, 0) is 30.6 Å². The summed E-state index contributed by atoms with van der Waals surface area (Å²) < 4.78 is 0. The number of rotatable bonds is 3. The van der Waals surface area contributed by atoms with Crippen LogP contribution in [0.15, 0.2) is 12.7 Å². The molecule has 0 saturated heterocycles. The van der Waals surface area contributed by atoms with Gasteiger partial charge in [-0.3, -0.25) is 0 Å². The summed E-state index contributed by atoms with van der Waals surface area (Å²) in [6.45, 7) is 14.9. The SMILES string of the molecule is C=CC(C)(C)C1(O)CC(C)CCC1C(C)C. The molecule has 0 aromatic heterocycles. The largest absolute Gasteiger partial charge is 0.389 e. The van der Waals surface area contributed by atoms with Crippen LogP contribution >= 0.6 is 0 Å². The summed E-state index contributed by atoms with van der Waals surface area (Å²) in [6, 6.07) is 0. The minimum atomic E-state index is -0.583. The highest BCUT2D eigenvalue weighted by molar-refractivity contribution is 5.09. The van der Waals surface area contributed by atoms with Gasteiger partial charge in [0.25, 0.3) is 0 Å². The van der Waals surface area contributed by atoms with Gasteiger partial charge in [0.1, 0.15) is 0 Å². The van der Waals surface area contributed by atoms with Gasteiger partial charge in [0.15, 0.2) is 0 Å². The number of hydrogen-bond donors (Lipinski definition) is 1. The van der Waals surface area contributed by atoms with Gasteiger partial charge >= 0.3 is 0 Å². The van der Waals surface area contributed by atoms with E-state index in [9.17, 15) is 5.11 Å². The molecule has 1 fully saturated rings. The fourth-order valence-electron chi connectivity index (χ4n) is 3.29. The zero-order valence-corrected chi connectivity index (χ0v) is 11.6. The third kappa shape index (κ3) is 2.20. The quantitative estimate of drug-likeness (QED) is 0.718. The Morgan fingerprint density at radius 3 is 2.38 bits per heavy atom. The van der Waals surface area contributed by atoms with Crippen LogP contribution in [0, 0.1) is 23.2 Å². The van der Waals surface area contributed by atoms with E-state index in [0.717, 1.165) is 12.8 Å². The summed E-state index contributed by atoms with van der Waals surface area (Å²) >= 11 is 0. The molecule has 1 aliphatic carbocycles. The van der Waals surface area contributed by atoms with Crippen LogP contribution in [-0.2, 0) is 0 Å². The summed E-state index contributed by atoms with van der Waals surface area (Å²) in [7, 11) is 0. The van der Waals surface area contributed by atoms with Crippen LogP contribution in [0.25, 0.3) is 0 Å². The molecule has 1 aliphatic rings. The van der Waals surface area contributed by atoms with Crippen molar-refractivity contribution < 1.29 is 5.11 Å². The lowest BCUT2D eigenvalue weighted by Gasteiger charge is -2.52. The first-order chi connectivity index (χ1) is 7.24. The summed E-state index contributed by atoms with van der Waals surface area (Å²) in [4.78, 5) is 0. The zero-order chi connectivity index (χ0) is 12.6. The average Bonchev–Trinajstić information content (AvgIpc) is 2.16. The van der Waals surface area contributed by atoms with Gasteiger partial charge in [-0.15, -0.1) is 6.58 Å². The average molecular weight is 224 g/mol. The van der Waals surface area contributed by atoms with Crippen molar-refractivity contribution in [2.45, 2.75) is 59.5 Å². The van der Waals surface area contributed by atoms with Gasteiger partial charge in [0.2, 0.25) is 0 Å². The molecule has 16 heavy (non-hydrogen) atoms. The Bertz CT molecular complexity index is 254. The molecule has 1 heteroatoms. The number of aliphatic hydroxyl groups is 1. The van der Waals surface area contributed by atoms with Gasteiger partial charge in [0, 0.05) is 5.41 Å². The molecule has 0 amide bonds. The Labute approximate surface area is 101 Å². The summed E-state index contributed by atoms with van der Waals surface area (Å²) in [5.41, 5.74) is -0.781. The lowest BCUT2D eigenvalue weighted by atomic mass is 9.57. The minimum Gasteiger partial charge on any atom is -0.389 e. The maximum atomic E-state index is 11.1. The van der Waals surface area contributed by atoms with Gasteiger partial charge in [-0.2, -0.15) is 0 Å². The second kappa shape index (κ2) is 4.52. The van der Waals surface area contributed by atoms with Crippen molar-refractivity contribution >= 4 is 0 Å². The molecule has 0 heterocycles. The predicted octanol–water partition coefficient (Wildman–Crippen LogP) is 4.02. The molecule has 1 nitrogen and oxygen atoms in total. The van der Waals surface area contributed by atoms with Crippen molar-refractivity contribution in [2.75, 3.05) is 0 Å². The maximum absolute atomic E-state index is 11.1. The van der Waals surface area contributed by atoms with Crippen LogP contribution in [0.1, 0.15) is 53.9 Å². The van der Waals surface area contributed by atoms with Gasteiger partial charge in [-0.25, -0.2) is 0 Å². The van der Waals surface area contributed by atoms with E-state index in [-0.39, 0.29) is 5.41 Å². The van der Waals surface area contributed by atoms with Crippen LogP contribution in [0.4, 0.5) is 0 Å². The monoisotopic (exact) mass is 224 g/mol. The van der Waals surface area contributed by atoms with E-state index in [0.29, 0.717) is 17.8 Å². The summed E-state index contributed by atoms with van der Waals surface area (Å²) in [5, 5.41) is 11.1. The lowest BCUT2D eigenvalue weighted by Crippen LogP contribution is -2.54. The Morgan fingerprint density at radius 1 is 1.38 bits per heavy atom. The second-order valence-electron chi connectivity index (χ2n) is 6.59. The zero-order valence-electron chi connectivity index (χ0n) is 11.6. The first kappa shape index (κ1) is 13.8. The highest BCUT2D eigenvalue weighted by Gasteiger charge is 2.50.